The second-order valence-electron chi connectivity index (χ2n) is 9.56. The molecule has 0 aliphatic carbocycles. The van der Waals surface area contributed by atoms with Crippen LogP contribution in [0.5, 0.6) is 5.75 Å². The highest BCUT2D eigenvalue weighted by molar-refractivity contribution is 7.90. The highest BCUT2D eigenvalue weighted by Crippen LogP contribution is 2.34. The molecule has 206 valence electrons. The number of sulfone groups is 1. The van der Waals surface area contributed by atoms with Gasteiger partial charge in [-0.2, -0.15) is 5.10 Å². The predicted molar refractivity (Wildman–Crippen MR) is 160 cm³/mol. The second kappa shape index (κ2) is 11.0. The molecule has 6 rings (SSSR count). The van der Waals surface area contributed by atoms with Gasteiger partial charge in [-0.25, -0.2) is 18.4 Å². The van der Waals surface area contributed by atoms with Gasteiger partial charge in [0.25, 0.3) is 0 Å². The summed E-state index contributed by atoms with van der Waals surface area (Å²) >= 11 is 0. The highest BCUT2D eigenvalue weighted by atomic mass is 32.2. The Morgan fingerprint density at radius 2 is 1.60 bits per heavy atom. The minimum atomic E-state index is -3.26. The minimum absolute atomic E-state index is 0. The van der Waals surface area contributed by atoms with E-state index in [1.165, 1.54) is 6.26 Å². The number of anilines is 2. The molecular weight excluding hydrogens is 524 g/mol. The zero-order chi connectivity index (χ0) is 27.0. The molecule has 0 spiro atoms. The van der Waals surface area contributed by atoms with Crippen molar-refractivity contribution in [1.29, 1.82) is 0 Å². The van der Waals surface area contributed by atoms with Crippen molar-refractivity contribution in [1.82, 2.24) is 20.2 Å². The van der Waals surface area contributed by atoms with Crippen LogP contribution in [0.15, 0.2) is 84.1 Å². The summed E-state index contributed by atoms with van der Waals surface area (Å²) in [5.41, 5.74) is 5.76. The number of rotatable bonds is 6. The van der Waals surface area contributed by atoms with Gasteiger partial charge < -0.3 is 14.5 Å². The van der Waals surface area contributed by atoms with E-state index in [0.29, 0.717) is 4.90 Å². The fraction of sp³-hybridized carbons (Fsp3) is 0.233. The zero-order valence-corrected chi connectivity index (χ0v) is 22.5. The van der Waals surface area contributed by atoms with Gasteiger partial charge in [0.05, 0.1) is 29.4 Å². The van der Waals surface area contributed by atoms with E-state index in [1.807, 2.05) is 42.6 Å². The van der Waals surface area contributed by atoms with Crippen molar-refractivity contribution < 1.29 is 13.2 Å². The van der Waals surface area contributed by atoms with Gasteiger partial charge in [0, 0.05) is 54.6 Å². The molecule has 1 aliphatic rings. The Morgan fingerprint density at radius 3 is 2.33 bits per heavy atom. The van der Waals surface area contributed by atoms with Crippen molar-refractivity contribution in [2.75, 3.05) is 49.3 Å². The number of hydrogen-bond donors (Lipinski definition) is 1. The molecule has 5 aromatic rings. The smallest absolute Gasteiger partial charge is 0.175 e. The molecule has 0 unspecified atom stereocenters. The van der Waals surface area contributed by atoms with E-state index in [1.54, 1.807) is 31.6 Å². The lowest BCUT2D eigenvalue weighted by Gasteiger charge is -2.37. The van der Waals surface area contributed by atoms with Gasteiger partial charge in [-0.3, -0.25) is 5.10 Å². The summed E-state index contributed by atoms with van der Waals surface area (Å²) in [5, 5.41) is 8.45. The normalized spacial score (nSPS) is 13.8. The largest absolute Gasteiger partial charge is 0.497 e. The van der Waals surface area contributed by atoms with Crippen molar-refractivity contribution >= 4 is 32.2 Å². The van der Waals surface area contributed by atoms with Crippen LogP contribution in [0, 0.1) is 0 Å². The Morgan fingerprint density at radius 1 is 0.875 bits per heavy atom. The van der Waals surface area contributed by atoms with Gasteiger partial charge in [-0.15, -0.1) is 0 Å². The standard InChI is InChI=1S/C29H28N6O3S.CH4/c1-38-23-9-6-20(7-10-23)28-26(18-32-33-28)21-8-11-27-25(16-21)29(31-19-30-27)35-14-12-34(13-15-35)22-4-3-5-24(17-22)39(2,36)37;/h3-11,16-19H,12-15H2,1-2H3,(H,32,33);1H4. The second-order valence-corrected chi connectivity index (χ2v) is 11.6. The number of aromatic nitrogens is 4. The summed E-state index contributed by atoms with van der Waals surface area (Å²) in [5.74, 6) is 1.69. The van der Waals surface area contributed by atoms with Crippen LogP contribution in [0.4, 0.5) is 11.5 Å². The van der Waals surface area contributed by atoms with E-state index in [4.69, 9.17) is 4.74 Å². The highest BCUT2D eigenvalue weighted by Gasteiger charge is 2.22. The number of nitrogens with zero attached hydrogens (tertiary/aromatic N) is 5. The number of ether oxygens (including phenoxy) is 1. The first kappa shape index (κ1) is 27.1. The fourth-order valence-electron chi connectivity index (χ4n) is 5.03. The molecule has 0 amide bonds. The van der Waals surface area contributed by atoms with E-state index >= 15 is 0 Å². The summed E-state index contributed by atoms with van der Waals surface area (Å²) in [6.07, 6.45) is 4.69. The van der Waals surface area contributed by atoms with Gasteiger partial charge >= 0.3 is 0 Å². The molecule has 1 N–H and O–H groups in total. The van der Waals surface area contributed by atoms with Crippen LogP contribution in [-0.2, 0) is 9.84 Å². The number of H-pyrrole nitrogens is 1. The van der Waals surface area contributed by atoms with Crippen LogP contribution in [0.2, 0.25) is 0 Å². The minimum Gasteiger partial charge on any atom is -0.497 e. The Labute approximate surface area is 234 Å². The number of fused-ring (bicyclic) bond motifs is 1. The van der Waals surface area contributed by atoms with Crippen LogP contribution in [0.25, 0.3) is 33.3 Å². The fourth-order valence-corrected chi connectivity index (χ4v) is 5.69. The average molecular weight is 557 g/mol. The maximum atomic E-state index is 12.0. The third-order valence-corrected chi connectivity index (χ3v) is 8.24. The SMILES string of the molecule is C.COc1ccc(-c2[nH]ncc2-c2ccc3ncnc(N4CCN(c5cccc(S(C)(=O)=O)c5)CC4)c3c2)cc1. The van der Waals surface area contributed by atoms with E-state index in [0.717, 1.165) is 76.7 Å². The first-order valence-corrected chi connectivity index (χ1v) is 14.5. The first-order valence-electron chi connectivity index (χ1n) is 12.6. The first-order chi connectivity index (χ1) is 18.9. The van der Waals surface area contributed by atoms with E-state index in [9.17, 15) is 8.42 Å². The molecule has 1 aliphatic heterocycles. The van der Waals surface area contributed by atoms with Crippen LogP contribution >= 0.6 is 0 Å². The number of nitrogens with one attached hydrogen (secondary N) is 1. The molecule has 3 heterocycles. The van der Waals surface area contributed by atoms with Crippen molar-refractivity contribution in [3.8, 4) is 28.1 Å². The summed E-state index contributed by atoms with van der Waals surface area (Å²) in [4.78, 5) is 14.0. The number of methoxy groups -OCH3 is 1. The van der Waals surface area contributed by atoms with Crippen LogP contribution < -0.4 is 14.5 Å². The van der Waals surface area contributed by atoms with Gasteiger partial charge in [0.2, 0.25) is 0 Å². The maximum Gasteiger partial charge on any atom is 0.175 e. The maximum absolute atomic E-state index is 12.0. The lowest BCUT2D eigenvalue weighted by atomic mass is 10.00. The number of aromatic amines is 1. The summed E-state index contributed by atoms with van der Waals surface area (Å²) in [7, 11) is -1.60. The number of hydrogen-bond acceptors (Lipinski definition) is 8. The average Bonchev–Trinajstić information content (AvgIpc) is 3.46. The number of benzene rings is 3. The monoisotopic (exact) mass is 556 g/mol. The zero-order valence-electron chi connectivity index (χ0n) is 21.7. The molecular formula is C30H32N6O3S. The van der Waals surface area contributed by atoms with E-state index in [-0.39, 0.29) is 7.43 Å². The van der Waals surface area contributed by atoms with E-state index < -0.39 is 9.84 Å². The summed E-state index contributed by atoms with van der Waals surface area (Å²) < 4.78 is 29.3. The van der Waals surface area contributed by atoms with Crippen LogP contribution in [-0.4, -0.2) is 68.1 Å². The summed E-state index contributed by atoms with van der Waals surface area (Å²) in [6, 6.07) is 21.2. The summed E-state index contributed by atoms with van der Waals surface area (Å²) in [6.45, 7) is 3.01. The molecule has 0 bridgehead atoms. The van der Waals surface area contributed by atoms with Crippen LogP contribution in [0.1, 0.15) is 7.43 Å². The van der Waals surface area contributed by atoms with Crippen molar-refractivity contribution in [3.05, 3.63) is 79.3 Å². The van der Waals surface area contributed by atoms with Crippen molar-refractivity contribution in [3.63, 3.8) is 0 Å². The van der Waals surface area contributed by atoms with Gasteiger partial charge in [0.1, 0.15) is 17.9 Å². The molecule has 9 nitrogen and oxygen atoms in total. The molecule has 0 saturated carbocycles. The lowest BCUT2D eigenvalue weighted by Crippen LogP contribution is -2.47. The Bertz CT molecular complexity index is 1740. The molecule has 10 heteroatoms. The Kier molecular flexibility index (Phi) is 7.44. The van der Waals surface area contributed by atoms with Gasteiger partial charge in [-0.1, -0.05) is 19.6 Å². The Balaban J connectivity index is 0.00000323. The lowest BCUT2D eigenvalue weighted by molar-refractivity contribution is 0.415. The molecule has 3 aromatic carbocycles. The molecule has 1 saturated heterocycles. The molecule has 1 fully saturated rings. The molecule has 0 atom stereocenters. The Hall–Kier alpha value is -4.44. The quantitative estimate of drug-likeness (QED) is 0.310. The topological polar surface area (TPSA) is 104 Å². The molecule has 0 radical (unpaired) electrons. The molecule has 40 heavy (non-hydrogen) atoms. The molecule has 2 aromatic heterocycles. The van der Waals surface area contributed by atoms with Crippen LogP contribution in [0.3, 0.4) is 0 Å². The van der Waals surface area contributed by atoms with Gasteiger partial charge in [-0.05, 0) is 60.2 Å². The van der Waals surface area contributed by atoms with Crippen molar-refractivity contribution in [2.45, 2.75) is 12.3 Å². The third kappa shape index (κ3) is 5.22. The van der Waals surface area contributed by atoms with Crippen molar-refractivity contribution in [2.24, 2.45) is 0 Å². The van der Waals surface area contributed by atoms with E-state index in [2.05, 4.69) is 42.1 Å². The number of piperazine rings is 1. The predicted octanol–water partition coefficient (Wildman–Crippen LogP) is 5.06. The third-order valence-electron chi connectivity index (χ3n) is 7.13. The van der Waals surface area contributed by atoms with Gasteiger partial charge in [0.15, 0.2) is 9.84 Å².